The van der Waals surface area contributed by atoms with Crippen LogP contribution in [0.1, 0.15) is 41.7 Å². The summed E-state index contributed by atoms with van der Waals surface area (Å²) < 4.78 is 0. The van der Waals surface area contributed by atoms with Crippen LogP contribution in [0.5, 0.6) is 0 Å². The van der Waals surface area contributed by atoms with Crippen LogP contribution in [-0.2, 0) is 0 Å². The van der Waals surface area contributed by atoms with Gasteiger partial charge < -0.3 is 15.5 Å². The molecule has 1 aliphatic carbocycles. The van der Waals surface area contributed by atoms with E-state index in [1.54, 1.807) is 48.3 Å². The number of urea groups is 1. The number of carbonyl (C=O) groups excluding carboxylic acids is 2. The van der Waals surface area contributed by atoms with Crippen LogP contribution in [0.4, 0.5) is 10.5 Å². The molecular formula is C20H22ClN3O2. The van der Waals surface area contributed by atoms with Crippen molar-refractivity contribution in [3.63, 3.8) is 0 Å². The molecule has 6 heteroatoms. The van der Waals surface area contributed by atoms with E-state index >= 15 is 0 Å². The molecule has 2 aromatic rings. The molecule has 3 rings (SSSR count). The van der Waals surface area contributed by atoms with Gasteiger partial charge in [0.05, 0.1) is 6.04 Å². The number of anilines is 1. The number of hydrogen-bond donors (Lipinski definition) is 2. The number of nitrogens with one attached hydrogen (secondary N) is 2. The average molecular weight is 372 g/mol. The van der Waals surface area contributed by atoms with Crippen LogP contribution in [0.15, 0.2) is 48.5 Å². The van der Waals surface area contributed by atoms with Gasteiger partial charge in [0.2, 0.25) is 0 Å². The molecule has 0 aromatic heterocycles. The number of benzene rings is 2. The first-order valence-electron chi connectivity index (χ1n) is 8.64. The normalized spacial score (nSPS) is 14.4. The van der Waals surface area contributed by atoms with Crippen molar-refractivity contribution in [3.8, 4) is 0 Å². The lowest BCUT2D eigenvalue weighted by Gasteiger charge is -2.25. The first-order valence-corrected chi connectivity index (χ1v) is 9.02. The lowest BCUT2D eigenvalue weighted by molar-refractivity contribution is 0.0951. The number of amides is 3. The predicted molar refractivity (Wildman–Crippen MR) is 104 cm³/mol. The second kappa shape index (κ2) is 7.79. The van der Waals surface area contributed by atoms with Gasteiger partial charge in [0.1, 0.15) is 0 Å². The van der Waals surface area contributed by atoms with Crippen LogP contribution >= 0.6 is 11.6 Å². The molecule has 1 aliphatic rings. The van der Waals surface area contributed by atoms with Gasteiger partial charge in [0.25, 0.3) is 5.91 Å². The predicted octanol–water partition coefficient (Wildman–Crippen LogP) is 4.46. The van der Waals surface area contributed by atoms with E-state index in [2.05, 4.69) is 10.6 Å². The molecule has 2 N–H and O–H groups in total. The van der Waals surface area contributed by atoms with Gasteiger partial charge in [0, 0.05) is 29.4 Å². The molecule has 0 heterocycles. The van der Waals surface area contributed by atoms with Crippen molar-refractivity contribution < 1.29 is 9.59 Å². The summed E-state index contributed by atoms with van der Waals surface area (Å²) in [5.41, 5.74) is 2.13. The number of hydrogen-bond acceptors (Lipinski definition) is 2. The monoisotopic (exact) mass is 371 g/mol. The third kappa shape index (κ3) is 4.55. The largest absolute Gasteiger partial charge is 0.349 e. The van der Waals surface area contributed by atoms with Crippen molar-refractivity contribution >= 4 is 29.2 Å². The van der Waals surface area contributed by atoms with Gasteiger partial charge in [0.15, 0.2) is 0 Å². The van der Waals surface area contributed by atoms with Crippen LogP contribution in [-0.4, -0.2) is 29.9 Å². The molecule has 3 amide bonds. The number of rotatable bonds is 5. The smallest absolute Gasteiger partial charge is 0.322 e. The quantitative estimate of drug-likeness (QED) is 0.815. The first kappa shape index (κ1) is 18.3. The molecule has 1 fully saturated rings. The molecule has 5 nitrogen and oxygen atoms in total. The Kier molecular flexibility index (Phi) is 5.47. The fraction of sp³-hybridized carbons (Fsp3) is 0.300. The van der Waals surface area contributed by atoms with E-state index in [9.17, 15) is 9.59 Å². The summed E-state index contributed by atoms with van der Waals surface area (Å²) in [5, 5.41) is 6.46. The zero-order valence-electron chi connectivity index (χ0n) is 14.8. The molecule has 0 bridgehead atoms. The maximum Gasteiger partial charge on any atom is 0.322 e. The Labute approximate surface area is 158 Å². The second-order valence-electron chi connectivity index (χ2n) is 6.60. The second-order valence-corrected chi connectivity index (χ2v) is 7.03. The van der Waals surface area contributed by atoms with E-state index < -0.39 is 0 Å². The molecule has 0 aliphatic heterocycles. The summed E-state index contributed by atoms with van der Waals surface area (Å²) in [4.78, 5) is 26.3. The highest BCUT2D eigenvalue weighted by atomic mass is 35.5. The Morgan fingerprint density at radius 3 is 2.50 bits per heavy atom. The average Bonchev–Trinajstić information content (AvgIpc) is 3.45. The SMILES string of the molecule is C[C@@H](c1ccc(Cl)cc1)N(C)C(=O)Nc1cccc(C(=O)NC2CC2)c1. The topological polar surface area (TPSA) is 61.4 Å². The van der Waals surface area contributed by atoms with Gasteiger partial charge in [-0.3, -0.25) is 4.79 Å². The highest BCUT2D eigenvalue weighted by molar-refractivity contribution is 6.30. The fourth-order valence-electron chi connectivity index (χ4n) is 2.59. The van der Waals surface area contributed by atoms with Gasteiger partial charge in [-0.1, -0.05) is 29.8 Å². The molecule has 1 saturated carbocycles. The van der Waals surface area contributed by atoms with Gasteiger partial charge >= 0.3 is 6.03 Å². The van der Waals surface area contributed by atoms with Crippen LogP contribution in [0, 0.1) is 0 Å². The summed E-state index contributed by atoms with van der Waals surface area (Å²) in [5.74, 6) is -0.105. The first-order chi connectivity index (χ1) is 12.4. The summed E-state index contributed by atoms with van der Waals surface area (Å²) in [6.07, 6.45) is 2.07. The molecule has 0 spiro atoms. The van der Waals surface area contributed by atoms with E-state index in [-0.39, 0.29) is 18.0 Å². The molecule has 136 valence electrons. The van der Waals surface area contributed by atoms with Crippen molar-refractivity contribution in [2.24, 2.45) is 0 Å². The van der Waals surface area contributed by atoms with Crippen molar-refractivity contribution in [2.45, 2.75) is 31.8 Å². The lowest BCUT2D eigenvalue weighted by Crippen LogP contribution is -2.33. The summed E-state index contributed by atoms with van der Waals surface area (Å²) >= 11 is 5.92. The Balaban J connectivity index is 1.64. The van der Waals surface area contributed by atoms with Gasteiger partial charge in [-0.15, -0.1) is 0 Å². The Bertz CT molecular complexity index is 803. The summed E-state index contributed by atoms with van der Waals surface area (Å²) in [7, 11) is 1.73. The van der Waals surface area contributed by atoms with Gasteiger partial charge in [-0.2, -0.15) is 0 Å². The van der Waals surface area contributed by atoms with Gasteiger partial charge in [-0.25, -0.2) is 4.79 Å². The van der Waals surface area contributed by atoms with Crippen molar-refractivity contribution in [3.05, 3.63) is 64.7 Å². The van der Waals surface area contributed by atoms with Gasteiger partial charge in [-0.05, 0) is 55.7 Å². The van der Waals surface area contributed by atoms with Crippen LogP contribution in [0.2, 0.25) is 5.02 Å². The number of carbonyl (C=O) groups is 2. The van der Waals surface area contributed by atoms with E-state index in [1.165, 1.54) is 0 Å². The molecule has 0 radical (unpaired) electrons. The molecule has 26 heavy (non-hydrogen) atoms. The molecule has 0 unspecified atom stereocenters. The molecular weight excluding hydrogens is 350 g/mol. The van der Waals surface area contributed by atoms with E-state index in [4.69, 9.17) is 11.6 Å². The van der Waals surface area contributed by atoms with E-state index in [0.29, 0.717) is 22.3 Å². The van der Waals surface area contributed by atoms with E-state index in [0.717, 1.165) is 18.4 Å². The third-order valence-electron chi connectivity index (χ3n) is 4.54. The summed E-state index contributed by atoms with van der Waals surface area (Å²) in [6.45, 7) is 1.95. The number of nitrogens with zero attached hydrogens (tertiary/aromatic N) is 1. The van der Waals surface area contributed by atoms with Crippen molar-refractivity contribution in [1.29, 1.82) is 0 Å². The maximum atomic E-state index is 12.6. The summed E-state index contributed by atoms with van der Waals surface area (Å²) in [6, 6.07) is 14.3. The van der Waals surface area contributed by atoms with Crippen LogP contribution in [0.25, 0.3) is 0 Å². The zero-order chi connectivity index (χ0) is 18.7. The minimum absolute atomic E-state index is 0.105. The number of halogens is 1. The Hall–Kier alpha value is -2.53. The van der Waals surface area contributed by atoms with Crippen molar-refractivity contribution in [1.82, 2.24) is 10.2 Å². The maximum absolute atomic E-state index is 12.6. The standard InChI is InChI=1S/C20H22ClN3O2/c1-13(14-6-8-16(21)9-7-14)24(2)20(26)23-18-5-3-4-15(12-18)19(25)22-17-10-11-17/h3-9,12-13,17H,10-11H2,1-2H3,(H,22,25)(H,23,26)/t13-/m0/s1. The highest BCUT2D eigenvalue weighted by Gasteiger charge is 2.24. The molecule has 0 saturated heterocycles. The van der Waals surface area contributed by atoms with E-state index in [1.807, 2.05) is 19.1 Å². The Morgan fingerprint density at radius 1 is 1.15 bits per heavy atom. The highest BCUT2D eigenvalue weighted by Crippen LogP contribution is 2.22. The minimum Gasteiger partial charge on any atom is -0.349 e. The Morgan fingerprint density at radius 2 is 1.85 bits per heavy atom. The molecule has 2 aromatic carbocycles. The van der Waals surface area contributed by atoms with Crippen molar-refractivity contribution in [2.75, 3.05) is 12.4 Å². The fourth-order valence-corrected chi connectivity index (χ4v) is 2.71. The minimum atomic E-state index is -0.243. The molecule has 1 atom stereocenters. The third-order valence-corrected chi connectivity index (χ3v) is 4.79. The lowest BCUT2D eigenvalue weighted by atomic mass is 10.1. The van der Waals surface area contributed by atoms with Crippen LogP contribution < -0.4 is 10.6 Å². The zero-order valence-corrected chi connectivity index (χ0v) is 15.6. The van der Waals surface area contributed by atoms with Crippen LogP contribution in [0.3, 0.4) is 0 Å².